The van der Waals surface area contributed by atoms with E-state index < -0.39 is 6.10 Å². The van der Waals surface area contributed by atoms with Gasteiger partial charge in [-0.1, -0.05) is 32.6 Å². The molecule has 1 atom stereocenters. The van der Waals surface area contributed by atoms with Gasteiger partial charge in [-0.2, -0.15) is 0 Å². The lowest BCUT2D eigenvalue weighted by atomic mass is 9.96. The highest BCUT2D eigenvalue weighted by atomic mass is 16.5. The van der Waals surface area contributed by atoms with Crippen LogP contribution in [0.3, 0.4) is 0 Å². The smallest absolute Gasteiger partial charge is 0.319 e. The number of benzene rings is 1. The van der Waals surface area contributed by atoms with Crippen LogP contribution in [0.25, 0.3) is 0 Å². The summed E-state index contributed by atoms with van der Waals surface area (Å²) in [6.07, 6.45) is 7.15. The second-order valence-corrected chi connectivity index (χ2v) is 7.22. The third kappa shape index (κ3) is 4.29. The van der Waals surface area contributed by atoms with Gasteiger partial charge >= 0.3 is 6.03 Å². The van der Waals surface area contributed by atoms with Gasteiger partial charge in [0.25, 0.3) is 5.91 Å². The molecule has 1 aliphatic heterocycles. The van der Waals surface area contributed by atoms with Crippen LogP contribution in [0.15, 0.2) is 18.2 Å². The van der Waals surface area contributed by atoms with Gasteiger partial charge in [0.05, 0.1) is 5.69 Å². The quantitative estimate of drug-likeness (QED) is 0.833. The molecule has 3 rings (SSSR count). The lowest BCUT2D eigenvalue weighted by Gasteiger charge is -2.33. The molecule has 1 heterocycles. The van der Waals surface area contributed by atoms with Crippen LogP contribution in [0.5, 0.6) is 5.75 Å². The van der Waals surface area contributed by atoms with Gasteiger partial charge in [-0.3, -0.25) is 4.79 Å². The summed E-state index contributed by atoms with van der Waals surface area (Å²) in [6, 6.07) is 5.55. The minimum atomic E-state index is -0.479. The number of rotatable bonds is 5. The van der Waals surface area contributed by atoms with E-state index in [0.717, 1.165) is 31.4 Å². The molecule has 1 fully saturated rings. The molecule has 2 N–H and O–H groups in total. The number of amides is 3. The summed E-state index contributed by atoms with van der Waals surface area (Å²) in [4.78, 5) is 26.6. The molecule has 1 aliphatic carbocycles. The van der Waals surface area contributed by atoms with E-state index in [-0.39, 0.29) is 18.0 Å². The van der Waals surface area contributed by atoms with Crippen LogP contribution in [-0.2, 0) is 4.79 Å². The third-order valence-electron chi connectivity index (χ3n) is 5.10. The predicted molar refractivity (Wildman–Crippen MR) is 103 cm³/mol. The Hall–Kier alpha value is -2.24. The number of nitrogens with zero attached hydrogens (tertiary/aromatic N) is 1. The number of unbranched alkanes of at least 4 members (excludes halogenated alkanes) is 1. The molecule has 6 heteroatoms. The summed E-state index contributed by atoms with van der Waals surface area (Å²) in [5, 5.41) is 5.95. The SMILES string of the molecule is CCCCN1C(=O)C(C)Oc2ccc(NC(=O)NC3CCCCC3)cc21. The number of carbonyl (C=O) groups excluding carboxylic acids is 2. The van der Waals surface area contributed by atoms with Crippen LogP contribution in [0.1, 0.15) is 58.8 Å². The maximum absolute atomic E-state index is 12.5. The average molecular weight is 359 g/mol. The molecular weight excluding hydrogens is 330 g/mol. The van der Waals surface area contributed by atoms with Gasteiger partial charge in [-0.15, -0.1) is 0 Å². The fourth-order valence-corrected chi connectivity index (χ4v) is 3.63. The first kappa shape index (κ1) is 18.5. The van der Waals surface area contributed by atoms with E-state index >= 15 is 0 Å². The first-order chi connectivity index (χ1) is 12.6. The van der Waals surface area contributed by atoms with E-state index in [1.54, 1.807) is 11.8 Å². The number of carbonyl (C=O) groups is 2. The molecule has 2 aliphatic rings. The predicted octanol–water partition coefficient (Wildman–Crippen LogP) is 4.05. The average Bonchev–Trinajstić information content (AvgIpc) is 2.63. The van der Waals surface area contributed by atoms with Crippen LogP contribution in [0, 0.1) is 0 Å². The number of fused-ring (bicyclic) bond motifs is 1. The maximum atomic E-state index is 12.5. The fourth-order valence-electron chi connectivity index (χ4n) is 3.63. The van der Waals surface area contributed by atoms with Gasteiger partial charge in [0.15, 0.2) is 6.10 Å². The Bertz CT molecular complexity index is 656. The summed E-state index contributed by atoms with van der Waals surface area (Å²) in [6.45, 7) is 4.53. The first-order valence-corrected chi connectivity index (χ1v) is 9.78. The van der Waals surface area contributed by atoms with Crippen molar-refractivity contribution < 1.29 is 14.3 Å². The summed E-state index contributed by atoms with van der Waals surface area (Å²) < 4.78 is 5.72. The Morgan fingerprint density at radius 1 is 1.27 bits per heavy atom. The first-order valence-electron chi connectivity index (χ1n) is 9.78. The van der Waals surface area contributed by atoms with Crippen LogP contribution in [0.2, 0.25) is 0 Å². The topological polar surface area (TPSA) is 70.7 Å². The molecule has 1 aromatic rings. The zero-order valence-corrected chi connectivity index (χ0v) is 15.7. The summed E-state index contributed by atoms with van der Waals surface area (Å²) >= 11 is 0. The molecule has 1 aromatic carbocycles. The van der Waals surface area contributed by atoms with Crippen LogP contribution in [-0.4, -0.2) is 30.6 Å². The van der Waals surface area contributed by atoms with Gasteiger partial charge in [0, 0.05) is 18.3 Å². The summed E-state index contributed by atoms with van der Waals surface area (Å²) in [7, 11) is 0. The molecule has 0 saturated heterocycles. The van der Waals surface area contributed by atoms with Gasteiger partial charge in [-0.25, -0.2) is 4.79 Å². The number of nitrogens with one attached hydrogen (secondary N) is 2. The minimum Gasteiger partial charge on any atom is -0.479 e. The van der Waals surface area contributed by atoms with Crippen LogP contribution >= 0.6 is 0 Å². The molecular formula is C20H29N3O3. The van der Waals surface area contributed by atoms with Crippen LogP contribution < -0.4 is 20.3 Å². The summed E-state index contributed by atoms with van der Waals surface area (Å²) in [5.41, 5.74) is 1.40. The second-order valence-electron chi connectivity index (χ2n) is 7.22. The highest BCUT2D eigenvalue weighted by Crippen LogP contribution is 2.36. The van der Waals surface area contributed by atoms with Crippen molar-refractivity contribution in [1.82, 2.24) is 5.32 Å². The van der Waals surface area contributed by atoms with Gasteiger partial charge < -0.3 is 20.3 Å². The molecule has 0 bridgehead atoms. The number of hydrogen-bond acceptors (Lipinski definition) is 3. The third-order valence-corrected chi connectivity index (χ3v) is 5.10. The normalized spacial score (nSPS) is 20.3. The molecule has 142 valence electrons. The van der Waals surface area contributed by atoms with E-state index in [9.17, 15) is 9.59 Å². The molecule has 0 spiro atoms. The van der Waals surface area contributed by atoms with E-state index in [2.05, 4.69) is 17.6 Å². The fraction of sp³-hybridized carbons (Fsp3) is 0.600. The van der Waals surface area contributed by atoms with Crippen molar-refractivity contribution in [2.45, 2.75) is 70.9 Å². The number of hydrogen-bond donors (Lipinski definition) is 2. The van der Waals surface area contributed by atoms with Crippen molar-refractivity contribution in [1.29, 1.82) is 0 Å². The summed E-state index contributed by atoms with van der Waals surface area (Å²) in [5.74, 6) is 0.654. The van der Waals surface area contributed by atoms with E-state index in [1.165, 1.54) is 19.3 Å². The van der Waals surface area contributed by atoms with E-state index in [4.69, 9.17) is 4.74 Å². The Morgan fingerprint density at radius 3 is 2.77 bits per heavy atom. The van der Waals surface area contributed by atoms with E-state index in [1.807, 2.05) is 18.2 Å². The van der Waals surface area contributed by atoms with Gasteiger partial charge in [0.1, 0.15) is 5.75 Å². The van der Waals surface area contributed by atoms with Crippen LogP contribution in [0.4, 0.5) is 16.2 Å². The lowest BCUT2D eigenvalue weighted by Crippen LogP contribution is -2.45. The Morgan fingerprint density at radius 2 is 2.04 bits per heavy atom. The van der Waals surface area contributed by atoms with Crippen molar-refractivity contribution in [2.75, 3.05) is 16.8 Å². The Balaban J connectivity index is 1.71. The highest BCUT2D eigenvalue weighted by molar-refractivity contribution is 6.01. The maximum Gasteiger partial charge on any atom is 0.319 e. The Kier molecular flexibility index (Phi) is 6.01. The largest absolute Gasteiger partial charge is 0.479 e. The molecule has 3 amide bonds. The van der Waals surface area contributed by atoms with Crippen molar-refractivity contribution in [3.05, 3.63) is 18.2 Å². The molecule has 1 unspecified atom stereocenters. The zero-order valence-electron chi connectivity index (χ0n) is 15.7. The molecule has 0 radical (unpaired) electrons. The molecule has 1 saturated carbocycles. The van der Waals surface area contributed by atoms with E-state index in [0.29, 0.717) is 18.0 Å². The van der Waals surface area contributed by atoms with Crippen molar-refractivity contribution in [3.63, 3.8) is 0 Å². The van der Waals surface area contributed by atoms with Crippen molar-refractivity contribution in [2.24, 2.45) is 0 Å². The minimum absolute atomic E-state index is 0.0326. The Labute approximate surface area is 155 Å². The highest BCUT2D eigenvalue weighted by Gasteiger charge is 2.31. The standard InChI is InChI=1S/C20H29N3O3/c1-3-4-12-23-17-13-16(10-11-18(17)26-14(2)19(23)24)22-20(25)21-15-8-6-5-7-9-15/h10-11,13-15H,3-9,12H2,1-2H3,(H2,21,22,25). The van der Waals surface area contributed by atoms with Crippen molar-refractivity contribution in [3.8, 4) is 5.75 Å². The zero-order chi connectivity index (χ0) is 18.5. The monoisotopic (exact) mass is 359 g/mol. The van der Waals surface area contributed by atoms with Gasteiger partial charge in [-0.05, 0) is 44.4 Å². The van der Waals surface area contributed by atoms with Crippen molar-refractivity contribution >= 4 is 23.3 Å². The number of anilines is 2. The number of urea groups is 1. The molecule has 26 heavy (non-hydrogen) atoms. The molecule has 6 nitrogen and oxygen atoms in total. The number of ether oxygens (including phenoxy) is 1. The second kappa shape index (κ2) is 8.43. The molecule has 0 aromatic heterocycles. The lowest BCUT2D eigenvalue weighted by molar-refractivity contribution is -0.125. The van der Waals surface area contributed by atoms with Gasteiger partial charge in [0.2, 0.25) is 0 Å².